The number of fused-ring (bicyclic) bond motifs is 1. The largest absolute Gasteiger partial charge is 0.497 e. The van der Waals surface area contributed by atoms with Gasteiger partial charge in [0.05, 0.1) is 18.4 Å². The predicted molar refractivity (Wildman–Crippen MR) is 136 cm³/mol. The summed E-state index contributed by atoms with van der Waals surface area (Å²) in [5, 5.41) is 12.7. The average Bonchev–Trinajstić information content (AvgIpc) is 3.38. The van der Waals surface area contributed by atoms with Crippen LogP contribution in [0.4, 0.5) is 5.00 Å². The third-order valence-electron chi connectivity index (χ3n) is 5.70. The normalized spacial score (nSPS) is 14.9. The smallest absolute Gasteiger partial charge is 0.251 e. The number of hydrogen-bond acceptors (Lipinski definition) is 7. The second-order valence-electron chi connectivity index (χ2n) is 8.19. The van der Waals surface area contributed by atoms with Gasteiger partial charge in [-0.2, -0.15) is 0 Å². The molecule has 178 valence electrons. The first kappa shape index (κ1) is 24.0. The molecule has 0 fully saturated rings. The van der Waals surface area contributed by atoms with E-state index in [1.165, 1.54) is 23.1 Å². The Kier molecular flexibility index (Phi) is 7.38. The van der Waals surface area contributed by atoms with Gasteiger partial charge in [0.1, 0.15) is 10.8 Å². The van der Waals surface area contributed by atoms with Crippen molar-refractivity contribution < 1.29 is 14.3 Å². The lowest BCUT2D eigenvalue weighted by molar-refractivity contribution is -0.113. The zero-order chi connectivity index (χ0) is 24.2. The summed E-state index contributed by atoms with van der Waals surface area (Å²) in [6.07, 6.45) is 4.49. The van der Waals surface area contributed by atoms with E-state index in [-0.39, 0.29) is 11.7 Å². The molecule has 0 radical (unpaired) electrons. The number of primary amides is 1. The van der Waals surface area contributed by atoms with Gasteiger partial charge in [-0.05, 0) is 42.9 Å². The fourth-order valence-electron chi connectivity index (χ4n) is 4.06. The molecule has 10 heteroatoms. The van der Waals surface area contributed by atoms with Gasteiger partial charge in [-0.3, -0.25) is 14.2 Å². The number of allylic oxidation sites excluding steroid dienone is 1. The topological polar surface area (TPSA) is 112 Å². The standard InChI is InChI=1S/C24H27N5O3S2/c1-4-10-29-22(15-6-5-7-16(12-15)32-3)27-28-24(29)33-13-19(30)26-23-20(21(25)31)17-9-8-14(2)11-18(17)34-23/h4-7,12,14H,1,8-11,13H2,2-3H3,(H2,25,31)(H,26,30). The highest BCUT2D eigenvalue weighted by molar-refractivity contribution is 7.99. The van der Waals surface area contributed by atoms with Gasteiger partial charge in [0.15, 0.2) is 11.0 Å². The van der Waals surface area contributed by atoms with Gasteiger partial charge in [0, 0.05) is 17.0 Å². The maximum absolute atomic E-state index is 12.8. The van der Waals surface area contributed by atoms with Crippen molar-refractivity contribution in [2.45, 2.75) is 37.9 Å². The minimum atomic E-state index is -0.497. The quantitative estimate of drug-likeness (QED) is 0.339. The van der Waals surface area contributed by atoms with Gasteiger partial charge in [0.2, 0.25) is 5.91 Å². The number of benzene rings is 1. The molecule has 4 rings (SSSR count). The van der Waals surface area contributed by atoms with Crippen LogP contribution < -0.4 is 15.8 Å². The zero-order valence-corrected chi connectivity index (χ0v) is 20.8. The van der Waals surface area contributed by atoms with E-state index in [1.807, 2.05) is 28.8 Å². The van der Waals surface area contributed by atoms with E-state index in [0.29, 0.717) is 34.0 Å². The summed E-state index contributed by atoms with van der Waals surface area (Å²) in [5.74, 6) is 1.33. The monoisotopic (exact) mass is 497 g/mol. The minimum absolute atomic E-state index is 0.116. The van der Waals surface area contributed by atoms with Crippen LogP contribution in [-0.4, -0.2) is 39.4 Å². The number of ether oxygens (including phenoxy) is 1. The van der Waals surface area contributed by atoms with Crippen molar-refractivity contribution in [2.75, 3.05) is 18.2 Å². The van der Waals surface area contributed by atoms with Crippen molar-refractivity contribution in [3.63, 3.8) is 0 Å². The van der Waals surface area contributed by atoms with Crippen LogP contribution >= 0.6 is 23.1 Å². The number of thiophene rings is 1. The molecule has 0 spiro atoms. The molecule has 1 aliphatic rings. The molecule has 2 heterocycles. The van der Waals surface area contributed by atoms with Crippen LogP contribution in [0.5, 0.6) is 5.75 Å². The molecule has 1 aliphatic carbocycles. The molecule has 2 amide bonds. The van der Waals surface area contributed by atoms with E-state index in [4.69, 9.17) is 10.5 Å². The molecule has 34 heavy (non-hydrogen) atoms. The van der Waals surface area contributed by atoms with Crippen LogP contribution in [0, 0.1) is 5.92 Å². The van der Waals surface area contributed by atoms with Crippen LogP contribution in [0.15, 0.2) is 42.1 Å². The maximum Gasteiger partial charge on any atom is 0.251 e. The summed E-state index contributed by atoms with van der Waals surface area (Å²) in [4.78, 5) is 26.1. The van der Waals surface area contributed by atoms with E-state index in [1.54, 1.807) is 13.2 Å². The fraction of sp³-hybridized carbons (Fsp3) is 0.333. The Morgan fingerprint density at radius 2 is 2.24 bits per heavy atom. The Balaban J connectivity index is 1.50. The number of methoxy groups -OCH3 is 1. The molecule has 0 saturated carbocycles. The Morgan fingerprint density at radius 3 is 2.97 bits per heavy atom. The lowest BCUT2D eigenvalue weighted by Crippen LogP contribution is -2.20. The van der Waals surface area contributed by atoms with Crippen molar-refractivity contribution in [2.24, 2.45) is 11.7 Å². The molecule has 0 bridgehead atoms. The van der Waals surface area contributed by atoms with Crippen molar-refractivity contribution >= 4 is 39.9 Å². The Labute approximate surface area is 206 Å². The zero-order valence-electron chi connectivity index (χ0n) is 19.2. The molecule has 3 aromatic rings. The second kappa shape index (κ2) is 10.4. The number of aromatic nitrogens is 3. The number of nitrogens with zero attached hydrogens (tertiary/aromatic N) is 3. The first-order valence-corrected chi connectivity index (χ1v) is 12.8. The lowest BCUT2D eigenvalue weighted by atomic mass is 9.88. The average molecular weight is 498 g/mol. The van der Waals surface area contributed by atoms with Gasteiger partial charge >= 0.3 is 0 Å². The summed E-state index contributed by atoms with van der Waals surface area (Å²) in [6, 6.07) is 7.56. The first-order valence-electron chi connectivity index (χ1n) is 11.0. The van der Waals surface area contributed by atoms with Gasteiger partial charge in [-0.1, -0.05) is 36.9 Å². The minimum Gasteiger partial charge on any atom is -0.497 e. The Hall–Kier alpha value is -3.11. The van der Waals surface area contributed by atoms with E-state index in [2.05, 4.69) is 29.0 Å². The maximum atomic E-state index is 12.8. The van der Waals surface area contributed by atoms with Crippen LogP contribution in [0.3, 0.4) is 0 Å². The molecule has 1 unspecified atom stereocenters. The number of rotatable bonds is 9. The summed E-state index contributed by atoms with van der Waals surface area (Å²) in [7, 11) is 1.61. The number of nitrogens with one attached hydrogen (secondary N) is 1. The lowest BCUT2D eigenvalue weighted by Gasteiger charge is -2.18. The number of anilines is 1. The number of carbonyl (C=O) groups is 2. The second-order valence-corrected chi connectivity index (χ2v) is 10.2. The van der Waals surface area contributed by atoms with Crippen LogP contribution in [-0.2, 0) is 24.2 Å². The molecular weight excluding hydrogens is 470 g/mol. The number of hydrogen-bond donors (Lipinski definition) is 2. The Morgan fingerprint density at radius 1 is 1.41 bits per heavy atom. The third-order valence-corrected chi connectivity index (χ3v) is 7.84. The number of carbonyl (C=O) groups excluding carboxylic acids is 2. The SMILES string of the molecule is C=CCn1c(SCC(=O)Nc2sc3c(c2C(N)=O)CCC(C)C3)nnc1-c1cccc(OC)c1. The van der Waals surface area contributed by atoms with Crippen LogP contribution in [0.2, 0.25) is 0 Å². The highest BCUT2D eigenvalue weighted by Gasteiger charge is 2.27. The highest BCUT2D eigenvalue weighted by Crippen LogP contribution is 2.39. The predicted octanol–water partition coefficient (Wildman–Crippen LogP) is 4.16. The van der Waals surface area contributed by atoms with Crippen molar-refractivity contribution in [1.29, 1.82) is 0 Å². The van der Waals surface area contributed by atoms with E-state index < -0.39 is 5.91 Å². The highest BCUT2D eigenvalue weighted by atomic mass is 32.2. The molecule has 8 nitrogen and oxygen atoms in total. The molecule has 2 aromatic heterocycles. The van der Waals surface area contributed by atoms with Crippen molar-refractivity contribution in [1.82, 2.24) is 14.8 Å². The number of thioether (sulfide) groups is 1. The van der Waals surface area contributed by atoms with Crippen molar-refractivity contribution in [3.05, 3.63) is 52.9 Å². The molecule has 1 atom stereocenters. The Bertz CT molecular complexity index is 1230. The fourth-order valence-corrected chi connectivity index (χ4v) is 6.24. The summed E-state index contributed by atoms with van der Waals surface area (Å²) in [5.41, 5.74) is 7.97. The van der Waals surface area contributed by atoms with E-state index >= 15 is 0 Å². The molecule has 0 aliphatic heterocycles. The summed E-state index contributed by atoms with van der Waals surface area (Å²) in [6.45, 7) is 6.51. The van der Waals surface area contributed by atoms with Gasteiger partial charge < -0.3 is 15.8 Å². The van der Waals surface area contributed by atoms with Crippen LogP contribution in [0.1, 0.15) is 34.1 Å². The molecular formula is C24H27N5O3S2. The summed E-state index contributed by atoms with van der Waals surface area (Å²) < 4.78 is 7.22. The molecule has 3 N–H and O–H groups in total. The molecule has 1 aromatic carbocycles. The summed E-state index contributed by atoms with van der Waals surface area (Å²) >= 11 is 2.74. The molecule has 0 saturated heterocycles. The van der Waals surface area contributed by atoms with Gasteiger partial charge in [-0.15, -0.1) is 28.1 Å². The van der Waals surface area contributed by atoms with E-state index in [0.717, 1.165) is 41.0 Å². The van der Waals surface area contributed by atoms with E-state index in [9.17, 15) is 9.59 Å². The number of nitrogens with two attached hydrogens (primary N) is 1. The number of amides is 2. The van der Waals surface area contributed by atoms with Gasteiger partial charge in [0.25, 0.3) is 5.91 Å². The van der Waals surface area contributed by atoms with Gasteiger partial charge in [-0.25, -0.2) is 0 Å². The van der Waals surface area contributed by atoms with Crippen LogP contribution in [0.25, 0.3) is 11.4 Å². The third kappa shape index (κ3) is 5.02. The first-order chi connectivity index (χ1) is 16.4. The van der Waals surface area contributed by atoms with Crippen molar-refractivity contribution in [3.8, 4) is 17.1 Å².